The van der Waals surface area contributed by atoms with Crippen LogP contribution in [-0.4, -0.2) is 28.8 Å². The highest BCUT2D eigenvalue weighted by molar-refractivity contribution is 6.00. The first-order chi connectivity index (χ1) is 10.0. The Balaban J connectivity index is 2.20. The van der Waals surface area contributed by atoms with Gasteiger partial charge in [0, 0.05) is 12.1 Å². The molecule has 2 N–H and O–H groups in total. The number of hydrogen-bond donors (Lipinski definition) is 2. The average Bonchev–Trinajstić information content (AvgIpc) is 2.87. The monoisotopic (exact) mass is 288 g/mol. The van der Waals surface area contributed by atoms with Crippen LogP contribution < -0.4 is 5.32 Å². The van der Waals surface area contributed by atoms with Crippen molar-refractivity contribution in [3.63, 3.8) is 0 Å². The van der Waals surface area contributed by atoms with Gasteiger partial charge in [-0.1, -0.05) is 49.3 Å². The van der Waals surface area contributed by atoms with Crippen LogP contribution in [0.5, 0.6) is 0 Å². The molecular weight excluding hydrogens is 268 g/mol. The summed E-state index contributed by atoms with van der Waals surface area (Å²) in [7, 11) is 0. The van der Waals surface area contributed by atoms with Gasteiger partial charge in [0.2, 0.25) is 0 Å². The summed E-state index contributed by atoms with van der Waals surface area (Å²) in [5.74, 6) is 0.264. The molecule has 0 aliphatic heterocycles. The summed E-state index contributed by atoms with van der Waals surface area (Å²) in [6.07, 6.45) is -0.575. The number of aryl methyl sites for hydroxylation is 1. The van der Waals surface area contributed by atoms with Gasteiger partial charge in [0.1, 0.15) is 17.0 Å². The molecule has 0 aliphatic carbocycles. The van der Waals surface area contributed by atoms with E-state index in [0.29, 0.717) is 17.0 Å². The summed E-state index contributed by atoms with van der Waals surface area (Å²) in [6.45, 7) is 5.70. The van der Waals surface area contributed by atoms with Gasteiger partial charge >= 0.3 is 0 Å². The molecule has 2 aromatic rings. The van der Waals surface area contributed by atoms with Crippen molar-refractivity contribution in [2.75, 3.05) is 6.54 Å². The Hall–Kier alpha value is -2.14. The lowest BCUT2D eigenvalue weighted by molar-refractivity contribution is 0.0870. The van der Waals surface area contributed by atoms with Gasteiger partial charge in [0.15, 0.2) is 0 Å². The molecule has 112 valence electrons. The molecule has 5 heteroatoms. The molecule has 5 nitrogen and oxygen atoms in total. The first kappa shape index (κ1) is 15.3. The number of hydrogen-bond acceptors (Lipinski definition) is 4. The van der Waals surface area contributed by atoms with Gasteiger partial charge in [-0.2, -0.15) is 0 Å². The number of nitrogens with zero attached hydrogens (tertiary/aromatic N) is 1. The van der Waals surface area contributed by atoms with Crippen molar-refractivity contribution >= 4 is 5.91 Å². The van der Waals surface area contributed by atoms with Gasteiger partial charge < -0.3 is 14.9 Å². The van der Waals surface area contributed by atoms with Gasteiger partial charge in [-0.05, 0) is 12.8 Å². The molecule has 0 fully saturated rings. The topological polar surface area (TPSA) is 75.4 Å². The highest BCUT2D eigenvalue weighted by atomic mass is 16.5. The van der Waals surface area contributed by atoms with Crippen molar-refractivity contribution in [1.29, 1.82) is 0 Å². The summed E-state index contributed by atoms with van der Waals surface area (Å²) in [5, 5.41) is 16.5. The highest BCUT2D eigenvalue weighted by Crippen LogP contribution is 2.24. The second kappa shape index (κ2) is 6.54. The molecule has 1 aromatic carbocycles. The first-order valence-corrected chi connectivity index (χ1v) is 6.98. The molecule has 0 saturated carbocycles. The fraction of sp³-hybridized carbons (Fsp3) is 0.375. The second-order valence-electron chi connectivity index (χ2n) is 5.35. The minimum atomic E-state index is -0.575. The van der Waals surface area contributed by atoms with E-state index in [0.717, 1.165) is 5.56 Å². The predicted octanol–water partition coefficient (Wildman–Crippen LogP) is 2.40. The molecule has 1 heterocycles. The normalized spacial score (nSPS) is 12.4. The van der Waals surface area contributed by atoms with Crippen molar-refractivity contribution in [3.05, 3.63) is 41.7 Å². The SMILES string of the molecule is Cc1onc(-c2ccccc2)c1C(=O)NCC(O)C(C)C. The first-order valence-electron chi connectivity index (χ1n) is 6.98. The van der Waals surface area contributed by atoms with Gasteiger partial charge in [-0.3, -0.25) is 4.79 Å². The quantitative estimate of drug-likeness (QED) is 0.886. The molecule has 0 aliphatic rings. The average molecular weight is 288 g/mol. The van der Waals surface area contributed by atoms with E-state index in [4.69, 9.17) is 4.52 Å². The second-order valence-corrected chi connectivity index (χ2v) is 5.35. The molecule has 0 bridgehead atoms. The largest absolute Gasteiger partial charge is 0.391 e. The molecular formula is C16H20N2O3. The minimum absolute atomic E-state index is 0.0856. The van der Waals surface area contributed by atoms with E-state index < -0.39 is 6.10 Å². The molecule has 1 aromatic heterocycles. The van der Waals surface area contributed by atoms with Crippen LogP contribution in [0.1, 0.15) is 30.0 Å². The Labute approximate surface area is 124 Å². The Morgan fingerprint density at radius 2 is 2.00 bits per heavy atom. The predicted molar refractivity (Wildman–Crippen MR) is 79.9 cm³/mol. The summed E-state index contributed by atoms with van der Waals surface area (Å²) in [6, 6.07) is 9.40. The maximum atomic E-state index is 12.3. The van der Waals surface area contributed by atoms with Crippen LogP contribution >= 0.6 is 0 Å². The van der Waals surface area contributed by atoms with Crippen molar-refractivity contribution in [1.82, 2.24) is 10.5 Å². The van der Waals surface area contributed by atoms with E-state index in [1.807, 2.05) is 44.2 Å². The Bertz CT molecular complexity index is 605. The number of aromatic nitrogens is 1. The van der Waals surface area contributed by atoms with E-state index in [-0.39, 0.29) is 18.4 Å². The number of rotatable bonds is 5. The lowest BCUT2D eigenvalue weighted by atomic mass is 10.0. The van der Waals surface area contributed by atoms with Crippen LogP contribution in [0.3, 0.4) is 0 Å². The van der Waals surface area contributed by atoms with Gasteiger partial charge in [-0.15, -0.1) is 0 Å². The third-order valence-electron chi connectivity index (χ3n) is 3.38. The van der Waals surface area contributed by atoms with Crippen LogP contribution in [0, 0.1) is 12.8 Å². The van der Waals surface area contributed by atoms with Crippen LogP contribution in [-0.2, 0) is 0 Å². The van der Waals surface area contributed by atoms with Crippen molar-refractivity contribution < 1.29 is 14.4 Å². The number of amides is 1. The van der Waals surface area contributed by atoms with E-state index in [2.05, 4.69) is 10.5 Å². The smallest absolute Gasteiger partial charge is 0.257 e. The van der Waals surface area contributed by atoms with Crippen LogP contribution in [0.4, 0.5) is 0 Å². The number of aliphatic hydroxyl groups excluding tert-OH is 1. The number of carbonyl (C=O) groups is 1. The Morgan fingerprint density at radius 3 is 2.62 bits per heavy atom. The van der Waals surface area contributed by atoms with E-state index in [1.54, 1.807) is 6.92 Å². The number of nitrogens with one attached hydrogen (secondary N) is 1. The summed E-state index contributed by atoms with van der Waals surface area (Å²) in [4.78, 5) is 12.3. The molecule has 1 unspecified atom stereocenters. The molecule has 0 saturated heterocycles. The van der Waals surface area contributed by atoms with E-state index >= 15 is 0 Å². The molecule has 0 radical (unpaired) electrons. The Kier molecular flexibility index (Phi) is 4.75. The maximum Gasteiger partial charge on any atom is 0.257 e. The zero-order chi connectivity index (χ0) is 15.4. The maximum absolute atomic E-state index is 12.3. The molecule has 0 spiro atoms. The van der Waals surface area contributed by atoms with E-state index in [9.17, 15) is 9.90 Å². The minimum Gasteiger partial charge on any atom is -0.391 e. The standard InChI is InChI=1S/C16H20N2O3/c1-10(2)13(19)9-17-16(20)14-11(3)21-18-15(14)12-7-5-4-6-8-12/h4-8,10,13,19H,9H2,1-3H3,(H,17,20). The fourth-order valence-corrected chi connectivity index (χ4v) is 1.95. The highest BCUT2D eigenvalue weighted by Gasteiger charge is 2.22. The van der Waals surface area contributed by atoms with Gasteiger partial charge in [-0.25, -0.2) is 0 Å². The van der Waals surface area contributed by atoms with Crippen LogP contribution in [0.15, 0.2) is 34.9 Å². The number of aliphatic hydroxyl groups is 1. The van der Waals surface area contributed by atoms with Crippen molar-refractivity contribution in [2.24, 2.45) is 5.92 Å². The molecule has 2 rings (SSSR count). The lowest BCUT2D eigenvalue weighted by Gasteiger charge is -2.15. The molecule has 1 amide bonds. The van der Waals surface area contributed by atoms with Crippen molar-refractivity contribution in [3.8, 4) is 11.3 Å². The zero-order valence-corrected chi connectivity index (χ0v) is 12.5. The van der Waals surface area contributed by atoms with Crippen LogP contribution in [0.2, 0.25) is 0 Å². The van der Waals surface area contributed by atoms with Crippen molar-refractivity contribution in [2.45, 2.75) is 26.9 Å². The van der Waals surface area contributed by atoms with Gasteiger partial charge in [0.05, 0.1) is 6.10 Å². The number of benzene rings is 1. The third kappa shape index (κ3) is 3.49. The zero-order valence-electron chi connectivity index (χ0n) is 12.5. The molecule has 1 atom stereocenters. The number of carbonyl (C=O) groups excluding carboxylic acids is 1. The third-order valence-corrected chi connectivity index (χ3v) is 3.38. The molecule has 21 heavy (non-hydrogen) atoms. The van der Waals surface area contributed by atoms with Gasteiger partial charge in [0.25, 0.3) is 5.91 Å². The fourth-order valence-electron chi connectivity index (χ4n) is 1.95. The van der Waals surface area contributed by atoms with E-state index in [1.165, 1.54) is 0 Å². The summed E-state index contributed by atoms with van der Waals surface area (Å²) < 4.78 is 5.15. The summed E-state index contributed by atoms with van der Waals surface area (Å²) in [5.41, 5.74) is 1.76. The Morgan fingerprint density at radius 1 is 1.33 bits per heavy atom. The summed E-state index contributed by atoms with van der Waals surface area (Å²) >= 11 is 0. The lowest BCUT2D eigenvalue weighted by Crippen LogP contribution is -2.35. The van der Waals surface area contributed by atoms with Crippen LogP contribution in [0.25, 0.3) is 11.3 Å².